The van der Waals surface area contributed by atoms with E-state index in [0.717, 1.165) is 47.8 Å². The molecule has 0 saturated carbocycles. The van der Waals surface area contributed by atoms with Gasteiger partial charge in [0.25, 0.3) is 0 Å². The number of hydrogen-bond acceptors (Lipinski definition) is 2. The summed E-state index contributed by atoms with van der Waals surface area (Å²) in [7, 11) is 0. The lowest BCUT2D eigenvalue weighted by molar-refractivity contribution is 0.0697. The molecular formula is C18H25NO3. The summed E-state index contributed by atoms with van der Waals surface area (Å²) in [5.74, 6) is -0.884. The van der Waals surface area contributed by atoms with Crippen LogP contribution in [0.5, 0.6) is 0 Å². The quantitative estimate of drug-likeness (QED) is 0.822. The van der Waals surface area contributed by atoms with Gasteiger partial charge in [-0.1, -0.05) is 20.3 Å². The highest BCUT2D eigenvalue weighted by Gasteiger charge is 2.18. The van der Waals surface area contributed by atoms with Gasteiger partial charge in [0, 0.05) is 17.6 Å². The van der Waals surface area contributed by atoms with Crippen LogP contribution in [-0.2, 0) is 19.4 Å². The highest BCUT2D eigenvalue weighted by molar-refractivity contribution is 5.97. The van der Waals surface area contributed by atoms with Gasteiger partial charge in [-0.25, -0.2) is 4.79 Å². The smallest absolute Gasteiger partial charge is 0.335 e. The number of carboxylic acid groups (broad SMARTS) is 1. The van der Waals surface area contributed by atoms with E-state index in [9.17, 15) is 15.0 Å². The molecule has 2 N–H and O–H groups in total. The standard InChI is InChI=1S/C18H25NO3/c1-4-6-7-15-12(3)19(8-9-20)17-13(5-2)10-14(18(21)22)11-16(15)17/h10-11,20H,4-9H2,1-3H3,(H,21,22). The third-order valence-corrected chi connectivity index (χ3v) is 4.36. The van der Waals surface area contributed by atoms with Crippen LogP contribution in [0, 0.1) is 6.92 Å². The van der Waals surface area contributed by atoms with Gasteiger partial charge in [0.05, 0.1) is 17.7 Å². The Morgan fingerprint density at radius 2 is 2.00 bits per heavy atom. The molecule has 0 atom stereocenters. The van der Waals surface area contributed by atoms with Crippen LogP contribution in [0.4, 0.5) is 0 Å². The van der Waals surface area contributed by atoms with Crippen LogP contribution in [0.2, 0.25) is 0 Å². The number of hydrogen-bond donors (Lipinski definition) is 2. The van der Waals surface area contributed by atoms with Crippen molar-refractivity contribution in [3.05, 3.63) is 34.5 Å². The molecule has 0 amide bonds. The number of rotatable bonds is 7. The van der Waals surface area contributed by atoms with E-state index in [-0.39, 0.29) is 6.61 Å². The Morgan fingerprint density at radius 3 is 2.55 bits per heavy atom. The largest absolute Gasteiger partial charge is 0.478 e. The maximum atomic E-state index is 11.4. The molecular weight excluding hydrogens is 278 g/mol. The lowest BCUT2D eigenvalue weighted by Gasteiger charge is -2.10. The van der Waals surface area contributed by atoms with Crippen LogP contribution in [-0.4, -0.2) is 27.4 Å². The molecule has 0 aliphatic heterocycles. The fourth-order valence-electron chi connectivity index (χ4n) is 3.21. The van der Waals surface area contributed by atoms with Crippen molar-refractivity contribution in [2.45, 2.75) is 53.0 Å². The maximum Gasteiger partial charge on any atom is 0.335 e. The van der Waals surface area contributed by atoms with Gasteiger partial charge < -0.3 is 14.8 Å². The molecule has 22 heavy (non-hydrogen) atoms. The monoisotopic (exact) mass is 303 g/mol. The van der Waals surface area contributed by atoms with E-state index >= 15 is 0 Å². The number of aryl methyl sites for hydroxylation is 2. The Morgan fingerprint density at radius 1 is 1.27 bits per heavy atom. The molecule has 4 heteroatoms. The molecule has 0 saturated heterocycles. The second kappa shape index (κ2) is 6.97. The van der Waals surface area contributed by atoms with Gasteiger partial charge in [0.2, 0.25) is 0 Å². The number of aliphatic hydroxyl groups excluding tert-OH is 1. The van der Waals surface area contributed by atoms with Crippen molar-refractivity contribution in [1.29, 1.82) is 0 Å². The third-order valence-electron chi connectivity index (χ3n) is 4.36. The predicted octanol–water partition coefficient (Wildman–Crippen LogP) is 3.55. The molecule has 0 aliphatic rings. The van der Waals surface area contributed by atoms with Gasteiger partial charge in [-0.05, 0) is 49.4 Å². The molecule has 120 valence electrons. The summed E-state index contributed by atoms with van der Waals surface area (Å²) in [5, 5.41) is 19.8. The molecule has 0 radical (unpaired) electrons. The van der Waals surface area contributed by atoms with Gasteiger partial charge in [-0.2, -0.15) is 0 Å². The fourth-order valence-corrected chi connectivity index (χ4v) is 3.21. The van der Waals surface area contributed by atoms with Gasteiger partial charge in [0.1, 0.15) is 0 Å². The first-order chi connectivity index (χ1) is 10.5. The Bertz CT molecular complexity index is 685. The van der Waals surface area contributed by atoms with Crippen molar-refractivity contribution in [3.63, 3.8) is 0 Å². The van der Waals surface area contributed by atoms with E-state index in [2.05, 4.69) is 18.4 Å². The zero-order valence-corrected chi connectivity index (χ0v) is 13.6. The van der Waals surface area contributed by atoms with Crippen molar-refractivity contribution in [2.75, 3.05) is 6.61 Å². The van der Waals surface area contributed by atoms with E-state index in [1.165, 1.54) is 5.56 Å². The second-order valence-electron chi connectivity index (χ2n) is 5.73. The van der Waals surface area contributed by atoms with E-state index in [4.69, 9.17) is 0 Å². The Labute approximate surface area is 131 Å². The number of aromatic nitrogens is 1. The number of carboxylic acids is 1. The van der Waals surface area contributed by atoms with Crippen LogP contribution in [0.1, 0.15) is 53.9 Å². The van der Waals surface area contributed by atoms with Gasteiger partial charge in [0.15, 0.2) is 0 Å². The van der Waals surface area contributed by atoms with Crippen LogP contribution in [0.15, 0.2) is 12.1 Å². The average molecular weight is 303 g/mol. The molecule has 0 aliphatic carbocycles. The molecule has 0 bridgehead atoms. The lowest BCUT2D eigenvalue weighted by atomic mass is 9.99. The van der Waals surface area contributed by atoms with Gasteiger partial charge in [-0.15, -0.1) is 0 Å². The number of aliphatic hydroxyl groups is 1. The minimum atomic E-state index is -0.884. The number of unbranched alkanes of at least 4 members (excludes halogenated alkanes) is 1. The topological polar surface area (TPSA) is 62.5 Å². The van der Waals surface area contributed by atoms with E-state index < -0.39 is 5.97 Å². The van der Waals surface area contributed by atoms with Crippen molar-refractivity contribution < 1.29 is 15.0 Å². The molecule has 0 fully saturated rings. The first kappa shape index (κ1) is 16.6. The van der Waals surface area contributed by atoms with Crippen molar-refractivity contribution in [1.82, 2.24) is 4.57 Å². The number of aromatic carboxylic acids is 1. The molecule has 2 aromatic rings. The normalized spacial score (nSPS) is 11.3. The first-order valence-corrected chi connectivity index (χ1v) is 8.03. The zero-order valence-electron chi connectivity index (χ0n) is 13.6. The van der Waals surface area contributed by atoms with Crippen LogP contribution in [0.3, 0.4) is 0 Å². The summed E-state index contributed by atoms with van der Waals surface area (Å²) in [5.41, 5.74) is 4.85. The summed E-state index contributed by atoms with van der Waals surface area (Å²) < 4.78 is 2.14. The van der Waals surface area contributed by atoms with Crippen LogP contribution < -0.4 is 0 Å². The lowest BCUT2D eigenvalue weighted by Crippen LogP contribution is -2.06. The molecule has 4 nitrogen and oxygen atoms in total. The molecule has 1 heterocycles. The van der Waals surface area contributed by atoms with Crippen molar-refractivity contribution in [3.8, 4) is 0 Å². The van der Waals surface area contributed by atoms with Crippen molar-refractivity contribution in [2.24, 2.45) is 0 Å². The van der Waals surface area contributed by atoms with E-state index in [1.807, 2.05) is 6.92 Å². The van der Waals surface area contributed by atoms with Gasteiger partial charge >= 0.3 is 5.97 Å². The predicted molar refractivity (Wildman–Crippen MR) is 88.7 cm³/mol. The van der Waals surface area contributed by atoms with Crippen LogP contribution in [0.25, 0.3) is 10.9 Å². The number of benzene rings is 1. The number of carbonyl (C=O) groups is 1. The van der Waals surface area contributed by atoms with E-state index in [1.54, 1.807) is 12.1 Å². The Hall–Kier alpha value is -1.81. The molecule has 0 unspecified atom stereocenters. The summed E-state index contributed by atoms with van der Waals surface area (Å²) >= 11 is 0. The fraction of sp³-hybridized carbons (Fsp3) is 0.500. The third kappa shape index (κ3) is 2.88. The highest BCUT2D eigenvalue weighted by Crippen LogP contribution is 2.31. The second-order valence-corrected chi connectivity index (χ2v) is 5.73. The zero-order chi connectivity index (χ0) is 16.3. The van der Waals surface area contributed by atoms with Crippen LogP contribution >= 0.6 is 0 Å². The Kier molecular flexibility index (Phi) is 5.24. The van der Waals surface area contributed by atoms with Gasteiger partial charge in [-0.3, -0.25) is 0 Å². The summed E-state index contributed by atoms with van der Waals surface area (Å²) in [6, 6.07) is 3.56. The Balaban J connectivity index is 2.78. The minimum absolute atomic E-state index is 0.0850. The summed E-state index contributed by atoms with van der Waals surface area (Å²) in [6.07, 6.45) is 3.91. The summed E-state index contributed by atoms with van der Waals surface area (Å²) in [6.45, 7) is 6.90. The first-order valence-electron chi connectivity index (χ1n) is 8.03. The van der Waals surface area contributed by atoms with Crippen molar-refractivity contribution >= 4 is 16.9 Å². The van der Waals surface area contributed by atoms with E-state index in [0.29, 0.717) is 12.1 Å². The maximum absolute atomic E-state index is 11.4. The SMILES string of the molecule is CCCCc1c(C)n(CCO)c2c(CC)cc(C(=O)O)cc12. The molecule has 0 spiro atoms. The molecule has 2 rings (SSSR count). The highest BCUT2D eigenvalue weighted by atomic mass is 16.4. The summed E-state index contributed by atoms with van der Waals surface area (Å²) in [4.78, 5) is 11.4. The minimum Gasteiger partial charge on any atom is -0.478 e. The molecule has 1 aromatic heterocycles. The molecule has 1 aromatic carbocycles. The average Bonchev–Trinajstić information content (AvgIpc) is 2.77. The number of nitrogens with zero attached hydrogens (tertiary/aromatic N) is 1. The number of fused-ring (bicyclic) bond motifs is 1.